The summed E-state index contributed by atoms with van der Waals surface area (Å²) in [7, 11) is 0.810. The average Bonchev–Trinajstić information content (AvgIpc) is 2.59. The Labute approximate surface area is 140 Å². The Morgan fingerprint density at radius 2 is 1.96 bits per heavy atom. The van der Waals surface area contributed by atoms with Crippen molar-refractivity contribution in [1.82, 2.24) is 5.32 Å². The number of methoxy groups -OCH3 is 1. The third-order valence-electron chi connectivity index (χ3n) is 4.49. The van der Waals surface area contributed by atoms with Crippen molar-refractivity contribution < 1.29 is 8.95 Å². The normalized spacial score (nSPS) is 18.3. The molecule has 0 aliphatic heterocycles. The predicted octanol–water partition coefficient (Wildman–Crippen LogP) is 3.08. The van der Waals surface area contributed by atoms with Crippen LogP contribution < -0.4 is 10.1 Å². The van der Waals surface area contributed by atoms with E-state index >= 15 is 0 Å². The maximum Gasteiger partial charge on any atom is 0.119 e. The summed E-state index contributed by atoms with van der Waals surface area (Å²) in [6, 6.07) is 14.9. The zero-order chi connectivity index (χ0) is 16.2. The Bertz CT molecular complexity index is 697. The quantitative estimate of drug-likeness (QED) is 0.916. The maximum atomic E-state index is 11.4. The van der Waals surface area contributed by atoms with E-state index in [0.717, 1.165) is 36.5 Å². The van der Waals surface area contributed by atoms with Gasteiger partial charge in [0.05, 0.1) is 7.11 Å². The van der Waals surface area contributed by atoms with E-state index in [1.54, 1.807) is 13.4 Å². The summed E-state index contributed by atoms with van der Waals surface area (Å²) in [5.74, 6) is 0.938. The van der Waals surface area contributed by atoms with E-state index in [4.69, 9.17) is 4.74 Å². The van der Waals surface area contributed by atoms with Crippen LogP contribution in [0.4, 0.5) is 0 Å². The third-order valence-corrected chi connectivity index (χ3v) is 5.43. The van der Waals surface area contributed by atoms with Gasteiger partial charge in [0, 0.05) is 34.5 Å². The number of hydrogen-bond donors (Lipinski definition) is 1. The smallest absolute Gasteiger partial charge is 0.119 e. The van der Waals surface area contributed by atoms with E-state index in [-0.39, 0.29) is 0 Å². The van der Waals surface area contributed by atoms with Gasteiger partial charge in [-0.05, 0) is 60.2 Å². The molecule has 0 saturated carbocycles. The first-order chi connectivity index (χ1) is 11.2. The Hall–Kier alpha value is -1.65. The van der Waals surface area contributed by atoms with Gasteiger partial charge >= 0.3 is 0 Å². The monoisotopic (exact) mass is 329 g/mol. The van der Waals surface area contributed by atoms with Crippen molar-refractivity contribution in [3.63, 3.8) is 0 Å². The molecule has 0 spiro atoms. The molecule has 1 aliphatic carbocycles. The Kier molecular flexibility index (Phi) is 5.13. The van der Waals surface area contributed by atoms with Crippen LogP contribution in [0, 0.1) is 0 Å². The van der Waals surface area contributed by atoms with Crippen LogP contribution >= 0.6 is 0 Å². The van der Waals surface area contributed by atoms with Crippen molar-refractivity contribution in [2.75, 3.05) is 13.4 Å². The highest BCUT2D eigenvalue weighted by Crippen LogP contribution is 2.25. The Balaban J connectivity index is 1.60. The van der Waals surface area contributed by atoms with Crippen molar-refractivity contribution in [3.8, 4) is 5.75 Å². The van der Waals surface area contributed by atoms with Gasteiger partial charge in [0.2, 0.25) is 0 Å². The largest absolute Gasteiger partial charge is 0.497 e. The molecule has 3 nitrogen and oxygen atoms in total. The highest BCUT2D eigenvalue weighted by atomic mass is 32.2. The summed E-state index contributed by atoms with van der Waals surface area (Å²) in [6.07, 6.45) is 5.03. The zero-order valence-electron chi connectivity index (χ0n) is 13.7. The van der Waals surface area contributed by atoms with Crippen LogP contribution in [0.15, 0.2) is 47.4 Å². The van der Waals surface area contributed by atoms with Gasteiger partial charge < -0.3 is 10.1 Å². The summed E-state index contributed by atoms with van der Waals surface area (Å²) in [4.78, 5) is 0.882. The molecule has 0 amide bonds. The number of fused-ring (bicyclic) bond motifs is 1. The molecule has 0 radical (unpaired) electrons. The first-order valence-electron chi connectivity index (χ1n) is 7.97. The zero-order valence-corrected chi connectivity index (χ0v) is 14.5. The lowest BCUT2D eigenvalue weighted by Gasteiger charge is -2.26. The van der Waals surface area contributed by atoms with Crippen molar-refractivity contribution in [2.24, 2.45) is 0 Å². The SMILES string of the molecule is COc1ccc2c(c1)C[C@H](NCc1ccc([S@@](C)=O)cc1)CC2. The van der Waals surface area contributed by atoms with Gasteiger partial charge in [-0.1, -0.05) is 18.2 Å². The third kappa shape index (κ3) is 4.01. The first-order valence-corrected chi connectivity index (χ1v) is 9.53. The molecule has 1 N–H and O–H groups in total. The summed E-state index contributed by atoms with van der Waals surface area (Å²) in [5.41, 5.74) is 4.07. The number of rotatable bonds is 5. The average molecular weight is 329 g/mol. The molecule has 0 bridgehead atoms. The maximum absolute atomic E-state index is 11.4. The number of nitrogens with one attached hydrogen (secondary N) is 1. The minimum atomic E-state index is -0.906. The van der Waals surface area contributed by atoms with E-state index in [0.29, 0.717) is 6.04 Å². The molecule has 0 heterocycles. The Morgan fingerprint density at radius 1 is 1.17 bits per heavy atom. The summed E-state index contributed by atoms with van der Waals surface area (Å²) in [6.45, 7) is 0.848. The lowest BCUT2D eigenvalue weighted by Crippen LogP contribution is -2.34. The van der Waals surface area contributed by atoms with E-state index in [1.807, 2.05) is 18.2 Å². The highest BCUT2D eigenvalue weighted by molar-refractivity contribution is 7.84. The molecule has 1 aliphatic rings. The van der Waals surface area contributed by atoms with Crippen molar-refractivity contribution in [1.29, 1.82) is 0 Å². The molecule has 122 valence electrons. The molecule has 0 saturated heterocycles. The van der Waals surface area contributed by atoms with Gasteiger partial charge in [0.1, 0.15) is 5.75 Å². The number of hydrogen-bond acceptors (Lipinski definition) is 3. The number of ether oxygens (including phenoxy) is 1. The van der Waals surface area contributed by atoms with Crippen LogP contribution in [-0.2, 0) is 30.2 Å². The van der Waals surface area contributed by atoms with Crippen LogP contribution in [0.5, 0.6) is 5.75 Å². The minimum Gasteiger partial charge on any atom is -0.497 e. The first kappa shape index (κ1) is 16.2. The molecule has 2 atom stereocenters. The van der Waals surface area contributed by atoms with Gasteiger partial charge in [0.15, 0.2) is 0 Å². The standard InChI is InChI=1S/C19H23NO2S/c1-22-18-8-6-15-5-7-17(11-16(15)12-18)20-13-14-3-9-19(10-4-14)23(2)21/h3-4,6,8-10,12,17,20H,5,7,11,13H2,1-2H3/t17-,23-/m1/s1. The van der Waals surface area contributed by atoms with Crippen LogP contribution in [0.1, 0.15) is 23.1 Å². The van der Waals surface area contributed by atoms with Gasteiger partial charge in [-0.3, -0.25) is 4.21 Å². The molecular weight excluding hydrogens is 306 g/mol. The van der Waals surface area contributed by atoms with Crippen LogP contribution in [0.25, 0.3) is 0 Å². The fraction of sp³-hybridized carbons (Fsp3) is 0.368. The summed E-state index contributed by atoms with van der Waals surface area (Å²) >= 11 is 0. The molecule has 4 heteroatoms. The van der Waals surface area contributed by atoms with Crippen molar-refractivity contribution in [3.05, 3.63) is 59.2 Å². The fourth-order valence-corrected chi connectivity index (χ4v) is 3.62. The molecule has 0 aromatic heterocycles. The number of aryl methyl sites for hydroxylation is 1. The molecule has 2 aromatic rings. The van der Waals surface area contributed by atoms with Crippen molar-refractivity contribution >= 4 is 10.8 Å². The predicted molar refractivity (Wildman–Crippen MR) is 94.4 cm³/mol. The molecule has 0 unspecified atom stereocenters. The molecular formula is C19H23NO2S. The second-order valence-electron chi connectivity index (χ2n) is 6.05. The number of benzene rings is 2. The minimum absolute atomic E-state index is 0.495. The topological polar surface area (TPSA) is 38.3 Å². The fourth-order valence-electron chi connectivity index (χ4n) is 3.10. The van der Waals surface area contributed by atoms with E-state index in [9.17, 15) is 4.21 Å². The second-order valence-corrected chi connectivity index (χ2v) is 7.43. The van der Waals surface area contributed by atoms with E-state index < -0.39 is 10.8 Å². The highest BCUT2D eigenvalue weighted by Gasteiger charge is 2.18. The van der Waals surface area contributed by atoms with E-state index in [2.05, 4.69) is 29.6 Å². The molecule has 0 fully saturated rings. The summed E-state index contributed by atoms with van der Waals surface area (Å²) < 4.78 is 16.7. The molecule has 3 rings (SSSR count). The molecule has 2 aromatic carbocycles. The van der Waals surface area contributed by atoms with Crippen LogP contribution in [0.3, 0.4) is 0 Å². The van der Waals surface area contributed by atoms with Crippen molar-refractivity contribution in [2.45, 2.75) is 36.7 Å². The van der Waals surface area contributed by atoms with Gasteiger partial charge in [-0.2, -0.15) is 0 Å². The molecule has 23 heavy (non-hydrogen) atoms. The van der Waals surface area contributed by atoms with Crippen LogP contribution in [-0.4, -0.2) is 23.6 Å². The van der Waals surface area contributed by atoms with Crippen LogP contribution in [0.2, 0.25) is 0 Å². The lowest BCUT2D eigenvalue weighted by molar-refractivity contribution is 0.411. The lowest BCUT2D eigenvalue weighted by atomic mass is 9.88. The van der Waals surface area contributed by atoms with Gasteiger partial charge in [0.25, 0.3) is 0 Å². The van der Waals surface area contributed by atoms with E-state index in [1.165, 1.54) is 16.7 Å². The Morgan fingerprint density at radius 3 is 2.65 bits per heavy atom. The van der Waals surface area contributed by atoms with Gasteiger partial charge in [-0.25, -0.2) is 0 Å². The summed E-state index contributed by atoms with van der Waals surface area (Å²) in [5, 5.41) is 3.65. The van der Waals surface area contributed by atoms with Gasteiger partial charge in [-0.15, -0.1) is 0 Å². The second kappa shape index (κ2) is 7.28.